The lowest BCUT2D eigenvalue weighted by atomic mass is 9.98. The van der Waals surface area contributed by atoms with Crippen molar-refractivity contribution in [1.82, 2.24) is 9.80 Å². The van der Waals surface area contributed by atoms with E-state index in [1.165, 1.54) is 9.80 Å². The Hall–Kier alpha value is -2.12. The molecule has 0 aliphatic carbocycles. The van der Waals surface area contributed by atoms with Crippen LogP contribution in [0, 0.1) is 11.7 Å². The monoisotopic (exact) mass is 374 g/mol. The lowest BCUT2D eigenvalue weighted by Crippen LogP contribution is -2.59. The number of carbonyl (C=O) groups excluding carboxylic acids is 2. The summed E-state index contributed by atoms with van der Waals surface area (Å²) in [6.45, 7) is 5.57. The first-order valence-corrected chi connectivity index (χ1v) is 8.47. The highest BCUT2D eigenvalue weighted by Gasteiger charge is 2.39. The molecule has 0 aromatic heterocycles. The quantitative estimate of drug-likeness (QED) is 0.741. The highest BCUT2D eigenvalue weighted by molar-refractivity contribution is 5.94. The van der Waals surface area contributed by atoms with E-state index in [4.69, 9.17) is 0 Å². The van der Waals surface area contributed by atoms with Crippen LogP contribution in [0.25, 0.3) is 0 Å². The van der Waals surface area contributed by atoms with E-state index in [1.807, 2.05) is 13.8 Å². The van der Waals surface area contributed by atoms with Gasteiger partial charge >= 0.3 is 6.18 Å². The predicted octanol–water partition coefficient (Wildman–Crippen LogP) is 3.45. The molecule has 0 spiro atoms. The number of hydrogen-bond donors (Lipinski definition) is 0. The molecule has 1 heterocycles. The van der Waals surface area contributed by atoms with Gasteiger partial charge < -0.3 is 9.80 Å². The van der Waals surface area contributed by atoms with Crippen LogP contribution >= 0.6 is 0 Å². The summed E-state index contributed by atoms with van der Waals surface area (Å²) in [5.41, 5.74) is -1.10. The molecule has 26 heavy (non-hydrogen) atoms. The Morgan fingerprint density at radius 2 is 1.85 bits per heavy atom. The number of hydrogen-bond acceptors (Lipinski definition) is 2. The van der Waals surface area contributed by atoms with E-state index in [9.17, 15) is 27.2 Å². The number of rotatable bonds is 5. The lowest BCUT2D eigenvalue weighted by molar-refractivity contribution is -0.157. The summed E-state index contributed by atoms with van der Waals surface area (Å²) in [4.78, 5) is 27.8. The molecule has 2 amide bonds. The normalized spacial score (nSPS) is 18.8. The first kappa shape index (κ1) is 20.2. The zero-order valence-electron chi connectivity index (χ0n) is 14.9. The fourth-order valence-electron chi connectivity index (χ4n) is 3.09. The van der Waals surface area contributed by atoms with Gasteiger partial charge in [0.25, 0.3) is 0 Å². The van der Waals surface area contributed by atoms with Gasteiger partial charge in [-0.05, 0) is 43.0 Å². The molecule has 144 valence electrons. The third kappa shape index (κ3) is 4.53. The van der Waals surface area contributed by atoms with Gasteiger partial charge in [-0.3, -0.25) is 9.59 Å². The molecule has 1 aromatic carbocycles. The van der Waals surface area contributed by atoms with Crippen molar-refractivity contribution in [3.8, 4) is 0 Å². The number of amides is 2. The average molecular weight is 374 g/mol. The Bertz CT molecular complexity index is 688. The number of alkyl halides is 3. The van der Waals surface area contributed by atoms with Gasteiger partial charge in [0, 0.05) is 13.1 Å². The molecule has 2 rings (SSSR count). The van der Waals surface area contributed by atoms with Crippen molar-refractivity contribution in [3.05, 3.63) is 35.1 Å². The number of halogens is 4. The third-order valence-electron chi connectivity index (χ3n) is 4.33. The largest absolute Gasteiger partial charge is 0.416 e. The second kappa shape index (κ2) is 7.63. The zero-order valence-corrected chi connectivity index (χ0v) is 14.9. The summed E-state index contributed by atoms with van der Waals surface area (Å²) in [5.74, 6) is -1.50. The molecule has 1 fully saturated rings. The van der Waals surface area contributed by atoms with Crippen molar-refractivity contribution in [3.63, 3.8) is 0 Å². The maximum atomic E-state index is 13.6. The van der Waals surface area contributed by atoms with Crippen LogP contribution in [0.4, 0.5) is 17.6 Å². The summed E-state index contributed by atoms with van der Waals surface area (Å²) in [5, 5.41) is 0. The van der Waals surface area contributed by atoms with Gasteiger partial charge in [-0.25, -0.2) is 4.39 Å². The number of benzene rings is 1. The highest BCUT2D eigenvalue weighted by Crippen LogP contribution is 2.31. The molecular formula is C18H22F4N2O2. The smallest absolute Gasteiger partial charge is 0.332 e. The summed E-state index contributed by atoms with van der Waals surface area (Å²) in [7, 11) is 0. The van der Waals surface area contributed by atoms with Crippen molar-refractivity contribution in [2.75, 3.05) is 13.1 Å². The molecule has 1 aliphatic heterocycles. The van der Waals surface area contributed by atoms with Gasteiger partial charge in [0.05, 0.1) is 12.1 Å². The van der Waals surface area contributed by atoms with Gasteiger partial charge in [0.2, 0.25) is 11.8 Å². The minimum Gasteiger partial charge on any atom is -0.332 e. The van der Waals surface area contributed by atoms with Crippen LogP contribution in [0.1, 0.15) is 38.3 Å². The van der Waals surface area contributed by atoms with Crippen molar-refractivity contribution < 1.29 is 27.2 Å². The summed E-state index contributed by atoms with van der Waals surface area (Å²) < 4.78 is 52.3. The second-order valence-electron chi connectivity index (χ2n) is 6.87. The zero-order chi connectivity index (χ0) is 19.6. The molecule has 4 nitrogen and oxygen atoms in total. The van der Waals surface area contributed by atoms with Crippen molar-refractivity contribution >= 4 is 11.8 Å². The van der Waals surface area contributed by atoms with Crippen molar-refractivity contribution in [2.24, 2.45) is 5.92 Å². The topological polar surface area (TPSA) is 40.6 Å². The minimum atomic E-state index is -4.69. The molecular weight excluding hydrogens is 352 g/mol. The predicted molar refractivity (Wildman–Crippen MR) is 87.4 cm³/mol. The van der Waals surface area contributed by atoms with Crippen LogP contribution in [-0.2, 0) is 22.3 Å². The Kier molecular flexibility index (Phi) is 5.93. The van der Waals surface area contributed by atoms with Crippen molar-refractivity contribution in [2.45, 2.75) is 46.0 Å². The Morgan fingerprint density at radius 1 is 1.19 bits per heavy atom. The van der Waals surface area contributed by atoms with E-state index in [2.05, 4.69) is 0 Å². The molecule has 0 N–H and O–H groups in total. The molecule has 1 saturated heterocycles. The maximum Gasteiger partial charge on any atom is 0.416 e. The standard InChI is InChI=1S/C18H22F4N2O2/c1-4-23-10-16(25)24(15(17(23)26)5-11(2)3)9-12-6-13(18(20,21)22)8-14(19)7-12/h6-8,11,15H,4-5,9-10H2,1-3H3/t15-/m0/s1. The molecule has 0 saturated carbocycles. The van der Waals surface area contributed by atoms with Gasteiger partial charge in [-0.2, -0.15) is 13.2 Å². The van der Waals surface area contributed by atoms with Gasteiger partial charge in [-0.15, -0.1) is 0 Å². The summed E-state index contributed by atoms with van der Waals surface area (Å²) in [6, 6.07) is 1.44. The van der Waals surface area contributed by atoms with Crippen LogP contribution in [0.15, 0.2) is 18.2 Å². The fraction of sp³-hybridized carbons (Fsp3) is 0.556. The number of carbonyl (C=O) groups is 2. The van der Waals surface area contributed by atoms with E-state index in [0.29, 0.717) is 19.0 Å². The Morgan fingerprint density at radius 3 is 2.38 bits per heavy atom. The number of piperazine rings is 1. The van der Waals surface area contributed by atoms with E-state index < -0.39 is 23.6 Å². The van der Waals surface area contributed by atoms with Gasteiger partial charge in [-0.1, -0.05) is 13.8 Å². The van der Waals surface area contributed by atoms with Crippen LogP contribution in [0.5, 0.6) is 0 Å². The average Bonchev–Trinajstić information content (AvgIpc) is 2.52. The first-order valence-electron chi connectivity index (χ1n) is 8.47. The Balaban J connectivity index is 2.34. The SMILES string of the molecule is CCN1CC(=O)N(Cc2cc(F)cc(C(F)(F)F)c2)[C@@H](CC(C)C)C1=O. The number of nitrogens with zero attached hydrogens (tertiary/aromatic N) is 2. The number of likely N-dealkylation sites (N-methyl/N-ethyl adjacent to an activating group) is 1. The molecule has 1 aliphatic rings. The molecule has 0 bridgehead atoms. The van der Waals surface area contributed by atoms with E-state index in [-0.39, 0.29) is 36.4 Å². The van der Waals surface area contributed by atoms with Crippen LogP contribution in [0.2, 0.25) is 0 Å². The van der Waals surface area contributed by atoms with Crippen molar-refractivity contribution in [1.29, 1.82) is 0 Å². The minimum absolute atomic E-state index is 0.0113. The molecule has 1 aromatic rings. The van der Waals surface area contributed by atoms with Crippen LogP contribution < -0.4 is 0 Å². The van der Waals surface area contributed by atoms with Gasteiger partial charge in [0.15, 0.2) is 0 Å². The summed E-state index contributed by atoms with van der Waals surface area (Å²) in [6.07, 6.45) is -4.29. The molecule has 8 heteroatoms. The summed E-state index contributed by atoms with van der Waals surface area (Å²) >= 11 is 0. The molecule has 1 atom stereocenters. The molecule has 0 radical (unpaired) electrons. The van der Waals surface area contributed by atoms with E-state index in [0.717, 1.165) is 12.1 Å². The van der Waals surface area contributed by atoms with E-state index in [1.54, 1.807) is 6.92 Å². The highest BCUT2D eigenvalue weighted by atomic mass is 19.4. The Labute approximate surface area is 149 Å². The van der Waals surface area contributed by atoms with Crippen LogP contribution in [-0.4, -0.2) is 40.7 Å². The fourth-order valence-corrected chi connectivity index (χ4v) is 3.09. The third-order valence-corrected chi connectivity index (χ3v) is 4.33. The second-order valence-corrected chi connectivity index (χ2v) is 6.87. The first-order chi connectivity index (χ1) is 12.0. The van der Waals surface area contributed by atoms with Gasteiger partial charge in [0.1, 0.15) is 11.9 Å². The van der Waals surface area contributed by atoms with Crippen LogP contribution in [0.3, 0.4) is 0 Å². The molecule has 0 unspecified atom stereocenters. The lowest BCUT2D eigenvalue weighted by Gasteiger charge is -2.40. The maximum absolute atomic E-state index is 13.6. The van der Waals surface area contributed by atoms with E-state index >= 15 is 0 Å².